The van der Waals surface area contributed by atoms with E-state index >= 15 is 0 Å². The molecule has 1 saturated heterocycles. The van der Waals surface area contributed by atoms with Gasteiger partial charge in [-0.05, 0) is 85.5 Å². The molecule has 1 amide bonds. The molecule has 1 fully saturated rings. The molecule has 1 aliphatic heterocycles. The molecule has 7 nitrogen and oxygen atoms in total. The van der Waals surface area contributed by atoms with Crippen LogP contribution in [0.25, 0.3) is 0 Å². The number of piperidine rings is 1. The van der Waals surface area contributed by atoms with Crippen molar-refractivity contribution in [1.29, 1.82) is 0 Å². The second kappa shape index (κ2) is 11.3. The van der Waals surface area contributed by atoms with Crippen LogP contribution in [-0.4, -0.2) is 43.2 Å². The van der Waals surface area contributed by atoms with Gasteiger partial charge in [0.1, 0.15) is 21.8 Å². The van der Waals surface area contributed by atoms with Crippen LogP contribution >= 0.6 is 15.9 Å². The van der Waals surface area contributed by atoms with E-state index in [1.165, 1.54) is 6.92 Å². The van der Waals surface area contributed by atoms with Crippen LogP contribution < -0.4 is 25.0 Å². The van der Waals surface area contributed by atoms with Crippen molar-refractivity contribution in [3.63, 3.8) is 0 Å². The minimum atomic E-state index is -0.128. The Balaban J connectivity index is 1.92. The summed E-state index contributed by atoms with van der Waals surface area (Å²) in [4.78, 5) is 18.1. The van der Waals surface area contributed by atoms with Gasteiger partial charge in [-0.2, -0.15) is 0 Å². The fourth-order valence-corrected chi connectivity index (χ4v) is 4.25. The predicted octanol–water partition coefficient (Wildman–Crippen LogP) is 4.36. The molecule has 8 heteroatoms. The van der Waals surface area contributed by atoms with Crippen LogP contribution in [0.3, 0.4) is 0 Å². The molecule has 2 N–H and O–H groups in total. The number of pyridine rings is 1. The summed E-state index contributed by atoms with van der Waals surface area (Å²) < 4.78 is 12.5. The zero-order valence-electron chi connectivity index (χ0n) is 18.4. The van der Waals surface area contributed by atoms with Gasteiger partial charge >= 0.3 is 0 Å². The Morgan fingerprint density at radius 3 is 2.35 bits per heavy atom. The summed E-state index contributed by atoms with van der Waals surface area (Å²) in [5.74, 6) is 2.00. The number of aromatic nitrogens is 1. The Morgan fingerprint density at radius 1 is 1.19 bits per heavy atom. The minimum absolute atomic E-state index is 0.128. The Morgan fingerprint density at radius 2 is 1.84 bits per heavy atom. The third-order valence-corrected chi connectivity index (χ3v) is 5.93. The molecule has 0 saturated carbocycles. The molecule has 2 heterocycles. The van der Waals surface area contributed by atoms with Crippen molar-refractivity contribution < 1.29 is 14.3 Å². The molecule has 31 heavy (non-hydrogen) atoms. The maximum Gasteiger partial charge on any atom is 0.222 e. The molecule has 0 bridgehead atoms. The van der Waals surface area contributed by atoms with Gasteiger partial charge in [0.15, 0.2) is 0 Å². The highest BCUT2D eigenvalue weighted by molar-refractivity contribution is 9.10. The molecule has 168 valence electrons. The lowest BCUT2D eigenvalue weighted by Crippen LogP contribution is -2.43. The summed E-state index contributed by atoms with van der Waals surface area (Å²) in [7, 11) is 0. The monoisotopic (exact) mass is 490 g/mol. The smallest absolute Gasteiger partial charge is 0.222 e. The summed E-state index contributed by atoms with van der Waals surface area (Å²) >= 11 is 3.62. The molecule has 1 aliphatic rings. The number of halogens is 1. The van der Waals surface area contributed by atoms with Crippen molar-refractivity contribution >= 4 is 33.3 Å². The first-order chi connectivity index (χ1) is 15.0. The molecule has 1 aromatic carbocycles. The number of amides is 1. The van der Waals surface area contributed by atoms with Crippen LogP contribution in [0.5, 0.6) is 11.5 Å². The summed E-state index contributed by atoms with van der Waals surface area (Å²) in [6.07, 6.45) is 3.94. The molecular weight excluding hydrogens is 460 g/mol. The fourth-order valence-electron chi connectivity index (χ4n) is 3.80. The Bertz CT molecular complexity index is 843. The van der Waals surface area contributed by atoms with Crippen molar-refractivity contribution in [1.82, 2.24) is 10.3 Å². The number of nitrogens with zero attached hydrogens (tertiary/aromatic N) is 2. The lowest BCUT2D eigenvalue weighted by molar-refractivity contribution is -0.114. The first-order valence-corrected chi connectivity index (χ1v) is 11.6. The van der Waals surface area contributed by atoms with E-state index in [-0.39, 0.29) is 5.91 Å². The maximum atomic E-state index is 11.3. The maximum absolute atomic E-state index is 11.3. The minimum Gasteiger partial charge on any atom is -0.493 e. The quantitative estimate of drug-likeness (QED) is 0.543. The van der Waals surface area contributed by atoms with Crippen LogP contribution in [0.2, 0.25) is 0 Å². The van der Waals surface area contributed by atoms with Gasteiger partial charge in [0, 0.05) is 19.5 Å². The van der Waals surface area contributed by atoms with Gasteiger partial charge in [-0.1, -0.05) is 0 Å². The Labute approximate surface area is 192 Å². The van der Waals surface area contributed by atoms with Crippen LogP contribution in [-0.2, 0) is 11.3 Å². The van der Waals surface area contributed by atoms with Crippen molar-refractivity contribution in [2.75, 3.05) is 36.5 Å². The Kier molecular flexibility index (Phi) is 8.54. The van der Waals surface area contributed by atoms with Crippen LogP contribution in [0.15, 0.2) is 34.9 Å². The van der Waals surface area contributed by atoms with Gasteiger partial charge in [-0.15, -0.1) is 0 Å². The highest BCUT2D eigenvalue weighted by atomic mass is 79.9. The van der Waals surface area contributed by atoms with Gasteiger partial charge in [-0.3, -0.25) is 4.79 Å². The van der Waals surface area contributed by atoms with Gasteiger partial charge in [0.05, 0.1) is 25.1 Å². The zero-order chi connectivity index (χ0) is 22.2. The molecule has 3 rings (SSSR count). The number of carbonyl (C=O) groups is 1. The number of hydrogen-bond acceptors (Lipinski definition) is 6. The van der Waals surface area contributed by atoms with Crippen molar-refractivity contribution in [2.24, 2.45) is 0 Å². The topological polar surface area (TPSA) is 75.7 Å². The lowest BCUT2D eigenvalue weighted by Gasteiger charge is -2.36. The number of anilines is 2. The lowest BCUT2D eigenvalue weighted by atomic mass is 10.0. The largest absolute Gasteiger partial charge is 0.493 e. The van der Waals surface area contributed by atoms with E-state index in [1.807, 2.05) is 32.2 Å². The molecular formula is C23H31BrN4O3. The number of benzene rings is 1. The van der Waals surface area contributed by atoms with E-state index in [9.17, 15) is 4.79 Å². The van der Waals surface area contributed by atoms with E-state index in [0.29, 0.717) is 31.6 Å². The van der Waals surface area contributed by atoms with E-state index in [2.05, 4.69) is 48.6 Å². The zero-order valence-corrected chi connectivity index (χ0v) is 20.0. The number of carbonyl (C=O) groups excluding carboxylic acids is 1. The van der Waals surface area contributed by atoms with Crippen molar-refractivity contribution in [3.05, 3.63) is 40.5 Å². The first kappa shape index (κ1) is 23.3. The fraction of sp³-hybridized carbons (Fsp3) is 0.478. The number of rotatable bonds is 9. The van der Waals surface area contributed by atoms with Gasteiger partial charge in [0.2, 0.25) is 5.91 Å². The highest BCUT2D eigenvalue weighted by Crippen LogP contribution is 2.37. The SMILES string of the molecule is CCOc1cc(CN(c2ccc(NC(C)=O)nc2)C2CCNCC2)cc(OCC)c1Br. The summed E-state index contributed by atoms with van der Waals surface area (Å²) in [5, 5.41) is 6.17. The molecule has 0 aliphatic carbocycles. The molecule has 0 atom stereocenters. The number of nitrogens with one attached hydrogen (secondary N) is 2. The number of ether oxygens (including phenoxy) is 2. The highest BCUT2D eigenvalue weighted by Gasteiger charge is 2.23. The second-order valence-electron chi connectivity index (χ2n) is 7.46. The van der Waals surface area contributed by atoms with Gasteiger partial charge in [0.25, 0.3) is 0 Å². The first-order valence-electron chi connectivity index (χ1n) is 10.8. The van der Waals surface area contributed by atoms with E-state index < -0.39 is 0 Å². The molecule has 0 unspecified atom stereocenters. The predicted molar refractivity (Wildman–Crippen MR) is 127 cm³/mol. The second-order valence-corrected chi connectivity index (χ2v) is 8.26. The van der Waals surface area contributed by atoms with Crippen LogP contribution in [0.4, 0.5) is 11.5 Å². The van der Waals surface area contributed by atoms with Crippen LogP contribution in [0.1, 0.15) is 39.2 Å². The van der Waals surface area contributed by atoms with E-state index in [4.69, 9.17) is 9.47 Å². The summed E-state index contributed by atoms with van der Waals surface area (Å²) in [6, 6.07) is 8.41. The average Bonchev–Trinajstić information content (AvgIpc) is 2.76. The van der Waals surface area contributed by atoms with E-state index in [1.54, 1.807) is 0 Å². The van der Waals surface area contributed by atoms with Gasteiger partial charge < -0.3 is 25.0 Å². The van der Waals surface area contributed by atoms with Crippen molar-refractivity contribution in [3.8, 4) is 11.5 Å². The standard InChI is InChI=1S/C23H31BrN4O3/c1-4-30-20-12-17(13-21(23(20)24)31-5-2)15-28(18-8-10-25-11-9-18)19-6-7-22(26-14-19)27-16(3)29/h6-7,12-14,18,25H,4-5,8-11,15H2,1-3H3,(H,26,27,29). The third kappa shape index (κ3) is 6.33. The molecule has 1 aromatic heterocycles. The Hall–Kier alpha value is -2.32. The summed E-state index contributed by atoms with van der Waals surface area (Å²) in [5.41, 5.74) is 2.14. The summed E-state index contributed by atoms with van der Waals surface area (Å²) in [6.45, 7) is 9.29. The molecule has 0 spiro atoms. The molecule has 2 aromatic rings. The average molecular weight is 491 g/mol. The third-order valence-electron chi connectivity index (χ3n) is 5.15. The van der Waals surface area contributed by atoms with Gasteiger partial charge in [-0.25, -0.2) is 4.98 Å². The molecule has 0 radical (unpaired) electrons. The normalized spacial score (nSPS) is 14.2. The number of hydrogen-bond donors (Lipinski definition) is 2. The van der Waals surface area contributed by atoms with Crippen molar-refractivity contribution in [2.45, 2.75) is 46.2 Å². The van der Waals surface area contributed by atoms with Crippen LogP contribution in [0, 0.1) is 0 Å². The van der Waals surface area contributed by atoms with E-state index in [0.717, 1.165) is 53.2 Å².